The Balaban J connectivity index is 1.53. The van der Waals surface area contributed by atoms with Crippen LogP contribution in [0.15, 0.2) is 92.0 Å². The first-order chi connectivity index (χ1) is 37.2. The molecule has 6 rings (SSSR count). The van der Waals surface area contributed by atoms with E-state index < -0.39 is 76.9 Å². The van der Waals surface area contributed by atoms with E-state index in [4.69, 9.17) is 33.2 Å². The molecule has 1 N–H and O–H groups in total. The molecule has 2 aliphatic rings. The Morgan fingerprint density at radius 2 is 1.08 bits per heavy atom. The van der Waals surface area contributed by atoms with Crippen molar-refractivity contribution in [2.45, 2.75) is 83.3 Å². The minimum atomic E-state index is -5.38. The molecule has 0 aromatic heterocycles. The fourth-order valence-electron chi connectivity index (χ4n) is 10.1. The van der Waals surface area contributed by atoms with Crippen molar-refractivity contribution in [3.63, 3.8) is 0 Å². The Morgan fingerprint density at radius 3 is 1.57 bits per heavy atom. The number of rotatable bonds is 33. The predicted molar refractivity (Wildman–Crippen MR) is 283 cm³/mol. The summed E-state index contributed by atoms with van der Waals surface area (Å²) < 4.78 is 193. The van der Waals surface area contributed by atoms with Crippen LogP contribution in [0.2, 0.25) is 0 Å². The number of carbonyl (C=O) groups is 1. The number of methoxy groups -OCH3 is 2. The van der Waals surface area contributed by atoms with Crippen molar-refractivity contribution in [2.75, 3.05) is 111 Å². The van der Waals surface area contributed by atoms with E-state index in [2.05, 4.69) is 0 Å². The minimum absolute atomic E-state index is 0.00498. The van der Waals surface area contributed by atoms with Crippen molar-refractivity contribution in [3.8, 4) is 0 Å². The molecule has 2 heterocycles. The number of unbranched alkanes of at least 4 members (excludes halogenated alkanes) is 2. The van der Waals surface area contributed by atoms with Gasteiger partial charge in [-0.3, -0.25) is 4.79 Å². The third-order valence-corrected chi connectivity index (χ3v) is 17.1. The Labute approximate surface area is 460 Å². The van der Waals surface area contributed by atoms with Gasteiger partial charge in [0.1, 0.15) is 47.0 Å². The van der Waals surface area contributed by atoms with Gasteiger partial charge in [-0.05, 0) is 104 Å². The van der Waals surface area contributed by atoms with E-state index >= 15 is 0 Å². The van der Waals surface area contributed by atoms with E-state index in [0.29, 0.717) is 98.3 Å². The first-order valence-electron chi connectivity index (χ1n) is 25.1. The molecule has 0 amide bonds. The Hall–Kier alpha value is -4.82. The van der Waals surface area contributed by atoms with Gasteiger partial charge >= 0.3 is 5.97 Å². The zero-order valence-corrected chi connectivity index (χ0v) is 47.7. The number of allylic oxidation sites excluding steroid dienone is 4. The highest BCUT2D eigenvalue weighted by Gasteiger charge is 2.47. The van der Waals surface area contributed by atoms with Gasteiger partial charge in [0, 0.05) is 80.1 Å². The van der Waals surface area contributed by atoms with E-state index in [0.717, 1.165) is 12.1 Å². The van der Waals surface area contributed by atoms with Crippen molar-refractivity contribution in [1.29, 1.82) is 0 Å². The van der Waals surface area contributed by atoms with Gasteiger partial charge < -0.3 is 61.4 Å². The van der Waals surface area contributed by atoms with E-state index in [1.165, 1.54) is 12.1 Å². The summed E-state index contributed by atoms with van der Waals surface area (Å²) in [6, 6.07) is 9.11. The lowest BCUT2D eigenvalue weighted by molar-refractivity contribution is -0.438. The summed E-state index contributed by atoms with van der Waals surface area (Å²) >= 11 is 0. The molecule has 27 heteroatoms. The Kier molecular flexibility index (Phi) is 21.5. The number of ether oxygens (including phenoxy) is 7. The summed E-state index contributed by atoms with van der Waals surface area (Å²) in [5.41, 5.74) is 0.416. The van der Waals surface area contributed by atoms with Gasteiger partial charge in [-0.1, -0.05) is 12.1 Å². The van der Waals surface area contributed by atoms with Crippen molar-refractivity contribution in [1.82, 2.24) is 0 Å². The van der Waals surface area contributed by atoms with E-state index in [9.17, 15) is 61.8 Å². The van der Waals surface area contributed by atoms with Gasteiger partial charge in [0.05, 0.1) is 97.7 Å². The normalized spacial score (nSPS) is 17.3. The van der Waals surface area contributed by atoms with Crippen LogP contribution in [-0.4, -0.2) is 180 Å². The molecule has 2 aliphatic heterocycles. The number of aliphatic carboxylic acids is 1. The number of carboxylic acid groups (broad SMARTS) is 1. The van der Waals surface area contributed by atoms with Crippen molar-refractivity contribution < 1.29 is 99.5 Å². The van der Waals surface area contributed by atoms with Crippen LogP contribution in [0.25, 0.3) is 21.5 Å². The summed E-state index contributed by atoms with van der Waals surface area (Å²) in [6.07, 6.45) is 6.59. The molecule has 436 valence electrons. The second-order valence-electron chi connectivity index (χ2n) is 19.3. The molecule has 0 aliphatic carbocycles. The van der Waals surface area contributed by atoms with Crippen LogP contribution in [0.3, 0.4) is 0 Å². The average molecular weight is 1180 g/mol. The molecule has 23 nitrogen and oxygen atoms in total. The molecule has 0 spiro atoms. The second kappa shape index (κ2) is 26.8. The van der Waals surface area contributed by atoms with Crippen molar-refractivity contribution in [3.05, 3.63) is 83.6 Å². The van der Waals surface area contributed by atoms with Gasteiger partial charge in [0.25, 0.3) is 0 Å². The lowest BCUT2D eigenvalue weighted by Crippen LogP contribution is -2.32. The number of fused-ring (bicyclic) bond motifs is 6. The molecule has 79 heavy (non-hydrogen) atoms. The number of hydrogen-bond donors (Lipinski definition) is 1. The van der Waals surface area contributed by atoms with Gasteiger partial charge in [-0.2, -0.15) is 4.58 Å². The number of carboxylic acids is 1. The maximum absolute atomic E-state index is 12.9. The van der Waals surface area contributed by atoms with E-state index in [1.807, 2.05) is 16.4 Å². The lowest BCUT2D eigenvalue weighted by atomic mass is 9.76. The topological polar surface area (TPSA) is 337 Å². The van der Waals surface area contributed by atoms with Crippen molar-refractivity contribution in [2.24, 2.45) is 0 Å². The van der Waals surface area contributed by atoms with Gasteiger partial charge in [0.2, 0.25) is 5.69 Å². The van der Waals surface area contributed by atoms with Gasteiger partial charge in [0.15, 0.2) is 5.71 Å². The van der Waals surface area contributed by atoms with Crippen LogP contribution in [0.4, 0.5) is 11.4 Å². The standard InChI is InChI=1S/C52H68N2O21S4/c1-51(2)46(53(18-8-6-7-12-48(55)56)42-15-13-38-40(49(42)51)32-36(76(57,58)59)34-44(38)78(63,64)65)10-9-11-47-52(3,17-20-71-26-28-75-31-30-74-25-23-70-5)50-41-33-37(77(60,61)62)35-45(79(66,67)68)39(41)14-16-43(50)54(47)19-21-72-27-29-73-24-22-69-4/h9-11,13-16,32-35H,6-8,12,17-31H2,1-5H3,(H4-,55,56,57,58,59,60,61,62,63,64,65,66,67,68)/p-3. The van der Waals surface area contributed by atoms with Crippen molar-refractivity contribution >= 4 is 85.1 Å². The molecule has 1 atom stereocenters. The SMILES string of the molecule is COCCOCCOCCOCCC1(C)/C(=C\C=C\C2=[N+](CCCCCC(=O)O)c3ccc4c(S(=O)(=O)[O-])cc(S(=O)(=O)[O-])cc4c3C2(C)C)N(CCOCCOCCOC)c2ccc3c(S(=O)(=O)[O-])cc(S(=O)(=O)[O-])cc3c21. The molecular weight excluding hydrogens is 1120 g/mol. The van der Waals surface area contributed by atoms with Crippen LogP contribution in [0, 0.1) is 0 Å². The summed E-state index contributed by atoms with van der Waals surface area (Å²) in [5, 5.41) is 9.10. The molecule has 0 saturated carbocycles. The lowest BCUT2D eigenvalue weighted by Gasteiger charge is -2.31. The highest BCUT2D eigenvalue weighted by Crippen LogP contribution is 2.54. The number of anilines is 1. The Bertz CT molecular complexity index is 3430. The van der Waals surface area contributed by atoms with Crippen LogP contribution in [-0.2, 0) is 89.3 Å². The van der Waals surface area contributed by atoms with E-state index in [1.54, 1.807) is 58.4 Å². The highest BCUT2D eigenvalue weighted by molar-refractivity contribution is 7.87. The monoisotopic (exact) mass is 1180 g/mol. The number of nitrogens with zero attached hydrogens (tertiary/aromatic N) is 2. The van der Waals surface area contributed by atoms with Crippen LogP contribution in [0.1, 0.15) is 64.0 Å². The van der Waals surface area contributed by atoms with Gasteiger partial charge in [-0.25, -0.2) is 33.7 Å². The van der Waals surface area contributed by atoms with Crippen LogP contribution >= 0.6 is 0 Å². The maximum atomic E-state index is 12.9. The average Bonchev–Trinajstić information content (AvgIpc) is 3.41. The molecule has 0 fully saturated rings. The van der Waals surface area contributed by atoms with E-state index in [-0.39, 0.29) is 93.7 Å². The third kappa shape index (κ3) is 15.4. The second-order valence-corrected chi connectivity index (χ2v) is 24.8. The molecule has 4 aromatic carbocycles. The highest BCUT2D eigenvalue weighted by atomic mass is 32.2. The van der Waals surface area contributed by atoms with Gasteiger partial charge in [-0.15, -0.1) is 0 Å². The molecular formula is C52H65N2O21S4-3. The summed E-state index contributed by atoms with van der Waals surface area (Å²) in [6.45, 7) is 8.78. The summed E-state index contributed by atoms with van der Waals surface area (Å²) in [5.74, 6) is -0.972. The molecule has 4 aromatic rings. The molecule has 1 unspecified atom stereocenters. The minimum Gasteiger partial charge on any atom is -0.744 e. The quantitative estimate of drug-likeness (QED) is 0.0386. The van der Waals surface area contributed by atoms with Crippen LogP contribution in [0.5, 0.6) is 0 Å². The summed E-state index contributed by atoms with van der Waals surface area (Å²) in [4.78, 5) is 9.59. The smallest absolute Gasteiger partial charge is 0.303 e. The van der Waals surface area contributed by atoms with Crippen LogP contribution < -0.4 is 4.90 Å². The maximum Gasteiger partial charge on any atom is 0.303 e. The first kappa shape index (κ1) is 63.4. The number of hydrogen-bond acceptors (Lipinski definition) is 21. The third-order valence-electron chi connectivity index (χ3n) is 13.7. The molecule has 0 saturated heterocycles. The predicted octanol–water partition coefficient (Wildman–Crippen LogP) is 4.61. The zero-order valence-electron chi connectivity index (χ0n) is 44.4. The largest absolute Gasteiger partial charge is 0.744 e. The molecule has 0 radical (unpaired) electrons. The number of benzene rings is 4. The molecule has 0 bridgehead atoms. The summed E-state index contributed by atoms with van der Waals surface area (Å²) in [7, 11) is -18.3. The fraction of sp³-hybridized carbons (Fsp3) is 0.500. The first-order valence-corrected chi connectivity index (χ1v) is 30.8. The zero-order chi connectivity index (χ0) is 58.0. The Morgan fingerprint density at radius 1 is 0.595 bits per heavy atom. The fourth-order valence-corrected chi connectivity index (χ4v) is 12.7.